The van der Waals surface area contributed by atoms with Crippen molar-refractivity contribution in [3.63, 3.8) is 0 Å². The highest BCUT2D eigenvalue weighted by Gasteiger charge is 2.36. The van der Waals surface area contributed by atoms with Crippen molar-refractivity contribution in [3.05, 3.63) is 77.8 Å². The van der Waals surface area contributed by atoms with Crippen LogP contribution in [0, 0.1) is 12.3 Å². The zero-order chi connectivity index (χ0) is 23.3. The molecule has 4 rings (SSSR count). The van der Waals surface area contributed by atoms with Crippen LogP contribution in [-0.2, 0) is 5.21 Å². The van der Waals surface area contributed by atoms with Gasteiger partial charge >= 0.3 is 0 Å². The highest BCUT2D eigenvalue weighted by molar-refractivity contribution is 6.67. The number of terminal acetylenes is 1. The smallest absolute Gasteiger partial charge is 0.105 e. The first-order valence-electron chi connectivity index (χ1n) is 9.88. The van der Waals surface area contributed by atoms with E-state index in [-0.39, 0.29) is 11.6 Å². The third kappa shape index (κ3) is 3.56. The van der Waals surface area contributed by atoms with Crippen LogP contribution in [0.25, 0.3) is 33.1 Å². The summed E-state index contributed by atoms with van der Waals surface area (Å²) in [6.45, 7) is 1.56. The molecule has 0 aliphatic heterocycles. The van der Waals surface area contributed by atoms with Gasteiger partial charge in [0.15, 0.2) is 0 Å². The van der Waals surface area contributed by atoms with E-state index >= 15 is 0 Å². The van der Waals surface area contributed by atoms with Crippen LogP contribution in [0.5, 0.6) is 0 Å². The Morgan fingerprint density at radius 3 is 2.28 bits per heavy atom. The number of rotatable bonds is 4. The van der Waals surface area contributed by atoms with Gasteiger partial charge in [-0.3, -0.25) is 4.57 Å². The molecule has 0 fully saturated rings. The minimum absolute atomic E-state index is 0.0917. The molecule has 0 aliphatic carbocycles. The van der Waals surface area contributed by atoms with Crippen LogP contribution in [0.1, 0.15) is 18.3 Å². The molecule has 0 spiro atoms. The zero-order valence-electron chi connectivity index (χ0n) is 17.6. The summed E-state index contributed by atoms with van der Waals surface area (Å²) in [6, 6.07) is 19.0. The Morgan fingerprint density at radius 1 is 0.969 bits per heavy atom. The van der Waals surface area contributed by atoms with E-state index in [9.17, 15) is 5.11 Å². The van der Waals surface area contributed by atoms with Gasteiger partial charge in [0, 0.05) is 5.69 Å². The quantitative estimate of drug-likeness (QED) is 0.324. The molecule has 0 saturated carbocycles. The molecular formula is C24H15B5N2O. The molecule has 0 atom stereocenters. The highest BCUT2D eigenvalue weighted by Crippen LogP contribution is 2.38. The maximum absolute atomic E-state index is 9.85. The summed E-state index contributed by atoms with van der Waals surface area (Å²) in [5.74, 6) is 2.85. The number of nitrogens with zero attached hydrogens (tertiary/aromatic N) is 2. The molecule has 0 unspecified atom stereocenters. The number of benzene rings is 3. The van der Waals surface area contributed by atoms with Crippen molar-refractivity contribution in [2.24, 2.45) is 0 Å². The molecule has 1 heterocycles. The van der Waals surface area contributed by atoms with E-state index < -0.39 is 10.3 Å². The number of fused-ring (bicyclic) bond motifs is 2. The van der Waals surface area contributed by atoms with Crippen LogP contribution < -0.4 is 0 Å². The molecule has 3 aromatic carbocycles. The molecule has 32 heavy (non-hydrogen) atoms. The lowest BCUT2D eigenvalue weighted by molar-refractivity contribution is 0.418. The monoisotopic (exact) mass is 402 g/mol. The van der Waals surface area contributed by atoms with Gasteiger partial charge < -0.3 is 5.11 Å². The van der Waals surface area contributed by atoms with Gasteiger partial charge in [0.05, 0.1) is 55.8 Å². The van der Waals surface area contributed by atoms with Crippen LogP contribution in [-0.4, -0.2) is 53.9 Å². The standard InChI is InChI=1S/C24H15B5N2O/c1-3-19(14(2)32)17-9-8-16-13-18(11-10-15(16)12-17)31-21-7-5-4-6-20(21)30-22(31)23(25,26)24(27,28)29/h1,4-13,32H,2H3/b19-14-. The van der Waals surface area contributed by atoms with Crippen molar-refractivity contribution in [2.75, 3.05) is 0 Å². The second kappa shape index (κ2) is 7.75. The lowest BCUT2D eigenvalue weighted by Gasteiger charge is -2.41. The van der Waals surface area contributed by atoms with Gasteiger partial charge in [-0.25, -0.2) is 4.98 Å². The predicted octanol–water partition coefficient (Wildman–Crippen LogP) is 3.17. The molecule has 1 aromatic heterocycles. The van der Waals surface area contributed by atoms with E-state index in [0.29, 0.717) is 11.1 Å². The summed E-state index contributed by atoms with van der Waals surface area (Å²) in [4.78, 5) is 4.59. The van der Waals surface area contributed by atoms with Gasteiger partial charge in [-0.1, -0.05) is 41.5 Å². The van der Waals surface area contributed by atoms with Gasteiger partial charge in [0.25, 0.3) is 0 Å². The molecule has 142 valence electrons. The van der Waals surface area contributed by atoms with Crippen molar-refractivity contribution >= 4 is 66.6 Å². The fourth-order valence-electron chi connectivity index (χ4n) is 3.68. The maximum atomic E-state index is 9.85. The molecule has 0 amide bonds. The van der Waals surface area contributed by atoms with Crippen LogP contribution >= 0.6 is 0 Å². The fourth-order valence-corrected chi connectivity index (χ4v) is 3.68. The first kappa shape index (κ1) is 22.0. The van der Waals surface area contributed by atoms with Crippen LogP contribution in [0.4, 0.5) is 0 Å². The third-order valence-electron chi connectivity index (χ3n) is 5.52. The lowest BCUT2D eigenvalue weighted by Crippen LogP contribution is -2.45. The van der Waals surface area contributed by atoms with Gasteiger partial charge in [-0.05, 0) is 53.6 Å². The van der Waals surface area contributed by atoms with Gasteiger partial charge in [0.2, 0.25) is 0 Å². The Balaban J connectivity index is 1.95. The molecule has 10 radical (unpaired) electrons. The van der Waals surface area contributed by atoms with E-state index in [0.717, 1.165) is 27.5 Å². The summed E-state index contributed by atoms with van der Waals surface area (Å²) in [5.41, 5.74) is 3.40. The summed E-state index contributed by atoms with van der Waals surface area (Å²) < 4.78 is 1.80. The number of aromatic nitrogens is 2. The van der Waals surface area contributed by atoms with Crippen molar-refractivity contribution < 1.29 is 5.11 Å². The summed E-state index contributed by atoms with van der Waals surface area (Å²) in [5, 5.41) is 7.98. The molecule has 0 bridgehead atoms. The van der Waals surface area contributed by atoms with Crippen LogP contribution in [0.3, 0.4) is 0 Å². The molecular weight excluding hydrogens is 386 g/mol. The first-order chi connectivity index (χ1) is 15.0. The lowest BCUT2D eigenvalue weighted by atomic mass is 9.23. The average molecular weight is 401 g/mol. The van der Waals surface area contributed by atoms with Crippen molar-refractivity contribution in [1.82, 2.24) is 9.55 Å². The van der Waals surface area contributed by atoms with Gasteiger partial charge in [0.1, 0.15) is 11.6 Å². The Bertz CT molecular complexity index is 1420. The Hall–Kier alpha value is -3.19. The zero-order valence-corrected chi connectivity index (χ0v) is 17.6. The number of imidazole rings is 1. The minimum atomic E-state index is -1.92. The topological polar surface area (TPSA) is 38.0 Å². The first-order valence-corrected chi connectivity index (χ1v) is 9.88. The van der Waals surface area contributed by atoms with Gasteiger partial charge in [-0.2, -0.15) is 0 Å². The summed E-state index contributed by atoms with van der Waals surface area (Å²) in [6.07, 6.45) is 5.55. The second-order valence-corrected chi connectivity index (χ2v) is 7.91. The number of hydrogen-bond donors (Lipinski definition) is 1. The fraction of sp³-hybridized carbons (Fsp3) is 0.125. The Kier molecular flexibility index (Phi) is 5.33. The van der Waals surface area contributed by atoms with E-state index in [4.69, 9.17) is 45.7 Å². The second-order valence-electron chi connectivity index (χ2n) is 7.91. The Labute approximate surface area is 194 Å². The van der Waals surface area contributed by atoms with E-state index in [1.807, 2.05) is 60.7 Å². The highest BCUT2D eigenvalue weighted by atomic mass is 16.3. The van der Waals surface area contributed by atoms with Crippen LogP contribution in [0.2, 0.25) is 5.11 Å². The van der Waals surface area contributed by atoms with Crippen molar-refractivity contribution in [2.45, 2.75) is 17.3 Å². The molecule has 0 aliphatic rings. The average Bonchev–Trinajstić information content (AvgIpc) is 3.13. The van der Waals surface area contributed by atoms with Crippen LogP contribution in [0.15, 0.2) is 66.4 Å². The number of allylic oxidation sites excluding steroid dienone is 2. The number of aliphatic hydroxyl groups is 1. The van der Waals surface area contributed by atoms with Crippen molar-refractivity contribution in [3.8, 4) is 18.0 Å². The largest absolute Gasteiger partial charge is 0.511 e. The predicted molar refractivity (Wildman–Crippen MR) is 136 cm³/mol. The third-order valence-corrected chi connectivity index (χ3v) is 5.52. The molecule has 4 aromatic rings. The summed E-state index contributed by atoms with van der Waals surface area (Å²) >= 11 is 0. The number of para-hydroxylation sites is 2. The molecule has 3 nitrogen and oxygen atoms in total. The minimum Gasteiger partial charge on any atom is -0.511 e. The SMILES string of the molecule is [B]C([B])([B])C([B])([B])c1nc2ccccc2n1-c1ccc2cc(/C(C#C)=C(/C)O)ccc2c1. The molecule has 8 heteroatoms. The maximum Gasteiger partial charge on any atom is 0.105 e. The van der Waals surface area contributed by atoms with E-state index in [1.54, 1.807) is 11.5 Å². The normalized spacial score (nSPS) is 13.1. The number of hydrogen-bond acceptors (Lipinski definition) is 2. The number of aliphatic hydroxyl groups excluding tert-OH is 1. The Morgan fingerprint density at radius 2 is 1.62 bits per heavy atom. The van der Waals surface area contributed by atoms with E-state index in [2.05, 4.69) is 10.9 Å². The molecule has 0 saturated heterocycles. The summed E-state index contributed by atoms with van der Waals surface area (Å²) in [7, 11) is 30.3. The van der Waals surface area contributed by atoms with Crippen molar-refractivity contribution in [1.29, 1.82) is 0 Å². The van der Waals surface area contributed by atoms with E-state index in [1.165, 1.54) is 0 Å². The molecule has 1 N–H and O–H groups in total. The van der Waals surface area contributed by atoms with Gasteiger partial charge in [-0.15, -0.1) is 11.5 Å².